The van der Waals surface area contributed by atoms with Crippen molar-refractivity contribution >= 4 is 0 Å². The van der Waals surface area contributed by atoms with E-state index in [4.69, 9.17) is 14.2 Å². The van der Waals surface area contributed by atoms with E-state index in [9.17, 15) is 0 Å². The molecule has 1 unspecified atom stereocenters. The highest BCUT2D eigenvalue weighted by Gasteiger charge is 2.18. The minimum Gasteiger partial charge on any atom is -0.493 e. The van der Waals surface area contributed by atoms with Crippen LogP contribution in [0.1, 0.15) is 25.8 Å². The van der Waals surface area contributed by atoms with Crippen molar-refractivity contribution < 1.29 is 14.2 Å². The maximum absolute atomic E-state index is 5.62. The van der Waals surface area contributed by atoms with Crippen LogP contribution in [-0.2, 0) is 6.54 Å². The number of ether oxygens (including phenoxy) is 3. The molecule has 106 valence electrons. The molecule has 1 aromatic rings. The average Bonchev–Trinajstić information content (AvgIpc) is 2.46. The molecule has 19 heavy (non-hydrogen) atoms. The van der Waals surface area contributed by atoms with E-state index in [0.717, 1.165) is 35.9 Å². The van der Waals surface area contributed by atoms with E-state index in [1.54, 1.807) is 7.11 Å². The second kappa shape index (κ2) is 6.66. The van der Waals surface area contributed by atoms with E-state index in [1.165, 1.54) is 6.42 Å². The van der Waals surface area contributed by atoms with Crippen molar-refractivity contribution in [3.63, 3.8) is 0 Å². The minimum absolute atomic E-state index is 0.578. The number of hydrogen-bond acceptors (Lipinski definition) is 4. The summed E-state index contributed by atoms with van der Waals surface area (Å²) in [5.41, 5.74) is 1.16. The lowest BCUT2D eigenvalue weighted by Gasteiger charge is -2.21. The molecular weight excluding hydrogens is 242 g/mol. The van der Waals surface area contributed by atoms with Crippen molar-refractivity contribution in [1.29, 1.82) is 0 Å². The van der Waals surface area contributed by atoms with Crippen molar-refractivity contribution in [3.8, 4) is 17.2 Å². The van der Waals surface area contributed by atoms with Crippen LogP contribution in [0.3, 0.4) is 0 Å². The number of nitrogens with one attached hydrogen (secondary N) is 1. The third-order valence-corrected chi connectivity index (χ3v) is 3.41. The zero-order valence-electron chi connectivity index (χ0n) is 12.0. The lowest BCUT2D eigenvalue weighted by atomic mass is 10.1. The average molecular weight is 265 g/mol. The van der Waals surface area contributed by atoms with E-state index in [2.05, 4.69) is 19.2 Å². The summed E-state index contributed by atoms with van der Waals surface area (Å²) in [7, 11) is 1.66. The molecule has 4 nitrogen and oxygen atoms in total. The second-order valence-corrected chi connectivity index (χ2v) is 4.97. The number of hydrogen-bond donors (Lipinski definition) is 1. The topological polar surface area (TPSA) is 39.7 Å². The monoisotopic (exact) mass is 265 g/mol. The smallest absolute Gasteiger partial charge is 0.203 e. The van der Waals surface area contributed by atoms with Gasteiger partial charge in [-0.05, 0) is 30.2 Å². The number of methoxy groups -OCH3 is 1. The summed E-state index contributed by atoms with van der Waals surface area (Å²) in [5.74, 6) is 2.95. The van der Waals surface area contributed by atoms with Crippen LogP contribution in [0.5, 0.6) is 17.2 Å². The molecule has 0 bridgehead atoms. The molecule has 1 aliphatic heterocycles. The van der Waals surface area contributed by atoms with Gasteiger partial charge in [0.05, 0.1) is 7.11 Å². The van der Waals surface area contributed by atoms with Crippen molar-refractivity contribution in [2.75, 3.05) is 26.9 Å². The Kier molecular flexibility index (Phi) is 4.91. The van der Waals surface area contributed by atoms with Gasteiger partial charge in [-0.1, -0.05) is 20.3 Å². The van der Waals surface area contributed by atoms with Gasteiger partial charge in [0.15, 0.2) is 11.5 Å². The van der Waals surface area contributed by atoms with Gasteiger partial charge in [-0.25, -0.2) is 0 Å². The first-order chi connectivity index (χ1) is 9.24. The Hall–Kier alpha value is -1.42. The van der Waals surface area contributed by atoms with E-state index in [1.807, 2.05) is 12.1 Å². The molecule has 0 radical (unpaired) electrons. The Bertz CT molecular complexity index is 403. The van der Waals surface area contributed by atoms with Gasteiger partial charge < -0.3 is 19.5 Å². The maximum Gasteiger partial charge on any atom is 0.203 e. The summed E-state index contributed by atoms with van der Waals surface area (Å²) in [4.78, 5) is 0. The lowest BCUT2D eigenvalue weighted by molar-refractivity contribution is 0.165. The minimum atomic E-state index is 0.578. The van der Waals surface area contributed by atoms with Crippen molar-refractivity contribution in [2.24, 2.45) is 5.92 Å². The first-order valence-corrected chi connectivity index (χ1v) is 6.91. The summed E-state index contributed by atoms with van der Waals surface area (Å²) in [6.07, 6.45) is 1.19. The number of fused-ring (bicyclic) bond motifs is 1. The Morgan fingerprint density at radius 1 is 1.32 bits per heavy atom. The summed E-state index contributed by atoms with van der Waals surface area (Å²) >= 11 is 0. The zero-order chi connectivity index (χ0) is 13.7. The van der Waals surface area contributed by atoms with E-state index >= 15 is 0 Å². The Morgan fingerprint density at radius 3 is 2.84 bits per heavy atom. The zero-order valence-corrected chi connectivity index (χ0v) is 12.0. The summed E-state index contributed by atoms with van der Waals surface area (Å²) in [5, 5.41) is 3.46. The van der Waals surface area contributed by atoms with Gasteiger partial charge >= 0.3 is 0 Å². The number of benzene rings is 1. The van der Waals surface area contributed by atoms with Gasteiger partial charge in [-0.15, -0.1) is 0 Å². The maximum atomic E-state index is 5.62. The van der Waals surface area contributed by atoms with Crippen LogP contribution in [0, 0.1) is 5.92 Å². The third-order valence-electron chi connectivity index (χ3n) is 3.41. The molecule has 1 aliphatic rings. The van der Waals surface area contributed by atoms with E-state index in [-0.39, 0.29) is 0 Å². The van der Waals surface area contributed by atoms with Gasteiger partial charge in [-0.2, -0.15) is 0 Å². The van der Waals surface area contributed by atoms with Gasteiger partial charge in [-0.3, -0.25) is 0 Å². The summed E-state index contributed by atoms with van der Waals surface area (Å²) in [6.45, 7) is 7.47. The molecule has 1 atom stereocenters. The molecule has 1 heterocycles. The van der Waals surface area contributed by atoms with Gasteiger partial charge in [0.25, 0.3) is 0 Å². The quantitative estimate of drug-likeness (QED) is 0.858. The van der Waals surface area contributed by atoms with Crippen LogP contribution < -0.4 is 19.5 Å². The highest BCUT2D eigenvalue weighted by Crippen LogP contribution is 2.40. The van der Waals surface area contributed by atoms with Gasteiger partial charge in [0.1, 0.15) is 13.2 Å². The summed E-state index contributed by atoms with van der Waals surface area (Å²) < 4.78 is 16.6. The molecule has 1 N–H and O–H groups in total. The van der Waals surface area contributed by atoms with Crippen molar-refractivity contribution in [1.82, 2.24) is 5.32 Å². The fraction of sp³-hybridized carbons (Fsp3) is 0.600. The molecule has 0 saturated carbocycles. The molecule has 0 saturated heterocycles. The Morgan fingerprint density at radius 2 is 2.11 bits per heavy atom. The molecule has 2 rings (SSSR count). The lowest BCUT2D eigenvalue weighted by Crippen LogP contribution is -2.21. The molecule has 0 fully saturated rings. The highest BCUT2D eigenvalue weighted by atomic mass is 16.6. The van der Waals surface area contributed by atoms with Crippen molar-refractivity contribution in [2.45, 2.75) is 26.8 Å². The standard InChI is InChI=1S/C15H23NO3/c1-4-11(2)9-16-10-12-7-13(17-3)15-14(8-12)18-5-6-19-15/h7-8,11,16H,4-6,9-10H2,1-3H3. The normalized spacial score (nSPS) is 15.1. The predicted molar refractivity (Wildman–Crippen MR) is 75.1 cm³/mol. The van der Waals surface area contributed by atoms with Crippen LogP contribution in [-0.4, -0.2) is 26.9 Å². The largest absolute Gasteiger partial charge is 0.493 e. The third kappa shape index (κ3) is 3.53. The van der Waals surface area contributed by atoms with Gasteiger partial charge in [0.2, 0.25) is 5.75 Å². The number of rotatable bonds is 6. The summed E-state index contributed by atoms with van der Waals surface area (Å²) in [6, 6.07) is 4.04. The molecule has 4 heteroatoms. The fourth-order valence-electron chi connectivity index (χ4n) is 2.04. The highest BCUT2D eigenvalue weighted by molar-refractivity contribution is 5.54. The van der Waals surface area contributed by atoms with E-state index in [0.29, 0.717) is 19.1 Å². The van der Waals surface area contributed by atoms with Crippen LogP contribution in [0.4, 0.5) is 0 Å². The molecule has 0 spiro atoms. The molecule has 0 amide bonds. The van der Waals surface area contributed by atoms with Crippen molar-refractivity contribution in [3.05, 3.63) is 17.7 Å². The van der Waals surface area contributed by atoms with E-state index < -0.39 is 0 Å². The molecule has 0 aromatic heterocycles. The van der Waals surface area contributed by atoms with Crippen LogP contribution in [0.2, 0.25) is 0 Å². The van der Waals surface area contributed by atoms with Gasteiger partial charge in [0, 0.05) is 6.54 Å². The first kappa shape index (κ1) is 14.0. The fourth-order valence-corrected chi connectivity index (χ4v) is 2.04. The van der Waals surface area contributed by atoms with Crippen LogP contribution in [0.25, 0.3) is 0 Å². The van der Waals surface area contributed by atoms with Crippen LogP contribution in [0.15, 0.2) is 12.1 Å². The second-order valence-electron chi connectivity index (χ2n) is 4.97. The molecular formula is C15H23NO3. The Labute approximate surface area is 115 Å². The predicted octanol–water partition coefficient (Wildman–Crippen LogP) is 2.60. The van der Waals surface area contributed by atoms with Crippen LogP contribution >= 0.6 is 0 Å². The molecule has 1 aromatic carbocycles. The molecule has 0 aliphatic carbocycles. The Balaban J connectivity index is 2.05. The first-order valence-electron chi connectivity index (χ1n) is 6.91. The SMILES string of the molecule is CCC(C)CNCc1cc(OC)c2c(c1)OCCO2.